The fourth-order valence-electron chi connectivity index (χ4n) is 1.29. The first kappa shape index (κ1) is 14.4. The Bertz CT molecular complexity index is 118. The molecule has 0 heterocycles. The van der Waals surface area contributed by atoms with Gasteiger partial charge in [0.2, 0.25) is 0 Å². The molecule has 0 saturated heterocycles. The van der Waals surface area contributed by atoms with E-state index in [1.165, 1.54) is 45.2 Å². The van der Waals surface area contributed by atoms with Crippen LogP contribution in [0.5, 0.6) is 0 Å². The molecule has 0 unspecified atom stereocenters. The Labute approximate surface area is 98.2 Å². The molecule has 0 spiro atoms. The van der Waals surface area contributed by atoms with Crippen LogP contribution in [0.15, 0.2) is 0 Å². The smallest absolute Gasteiger partial charge is 0.00313 e. The zero-order chi connectivity index (χ0) is 10.9. The molecule has 86 valence electrons. The van der Waals surface area contributed by atoms with Crippen molar-refractivity contribution in [1.29, 1.82) is 0 Å². The third kappa shape index (κ3) is 12.4. The quantitative estimate of drug-likeness (QED) is 0.516. The molecule has 14 heavy (non-hydrogen) atoms. The van der Waals surface area contributed by atoms with Crippen LogP contribution >= 0.6 is 15.9 Å². The molecule has 0 fully saturated rings. The van der Waals surface area contributed by atoms with E-state index in [1.54, 1.807) is 0 Å². The van der Waals surface area contributed by atoms with Crippen molar-refractivity contribution in [3.05, 3.63) is 0 Å². The molecule has 0 rings (SSSR count). The summed E-state index contributed by atoms with van der Waals surface area (Å²) in [7, 11) is 0. The van der Waals surface area contributed by atoms with Gasteiger partial charge in [0.25, 0.3) is 0 Å². The Morgan fingerprint density at radius 3 is 2.14 bits per heavy atom. The lowest BCUT2D eigenvalue weighted by molar-refractivity contribution is 0.366. The molecule has 0 aromatic carbocycles. The highest BCUT2D eigenvalue weighted by Gasteiger charge is 2.08. The van der Waals surface area contributed by atoms with Crippen molar-refractivity contribution >= 4 is 15.9 Å². The normalized spacial score (nSPS) is 12.0. The first-order valence-corrected chi connectivity index (χ1v) is 6.95. The zero-order valence-corrected chi connectivity index (χ0v) is 11.6. The minimum atomic E-state index is 0.475. The van der Waals surface area contributed by atoms with E-state index in [1.807, 2.05) is 0 Å². The summed E-state index contributed by atoms with van der Waals surface area (Å²) < 4.78 is 0. The summed E-state index contributed by atoms with van der Waals surface area (Å²) in [5.74, 6) is 0. The average Bonchev–Trinajstić information content (AvgIpc) is 2.08. The first-order valence-electron chi connectivity index (χ1n) is 5.83. The first-order chi connectivity index (χ1) is 6.56. The van der Waals surface area contributed by atoms with Gasteiger partial charge in [0.1, 0.15) is 0 Å². The van der Waals surface area contributed by atoms with Crippen molar-refractivity contribution in [2.75, 3.05) is 18.4 Å². The van der Waals surface area contributed by atoms with Crippen molar-refractivity contribution in [1.82, 2.24) is 5.32 Å². The number of rotatable bonds is 8. The monoisotopic (exact) mass is 263 g/mol. The van der Waals surface area contributed by atoms with Crippen LogP contribution in [0.1, 0.15) is 52.9 Å². The second kappa shape index (κ2) is 8.72. The summed E-state index contributed by atoms with van der Waals surface area (Å²) in [6.45, 7) is 9.25. The molecule has 0 aliphatic carbocycles. The van der Waals surface area contributed by atoms with Gasteiger partial charge in [-0.3, -0.25) is 0 Å². The summed E-state index contributed by atoms with van der Waals surface area (Å²) in [5.41, 5.74) is 0.475. The van der Waals surface area contributed by atoms with Gasteiger partial charge in [0.05, 0.1) is 0 Å². The van der Waals surface area contributed by atoms with E-state index in [2.05, 4.69) is 42.0 Å². The zero-order valence-electron chi connectivity index (χ0n) is 10.0. The lowest BCUT2D eigenvalue weighted by Gasteiger charge is -2.17. The van der Waals surface area contributed by atoms with Crippen LogP contribution in [0.3, 0.4) is 0 Å². The summed E-state index contributed by atoms with van der Waals surface area (Å²) in [6, 6.07) is 0. The molecular weight excluding hydrogens is 238 g/mol. The fourth-order valence-corrected chi connectivity index (χ4v) is 1.68. The van der Waals surface area contributed by atoms with Crippen LogP contribution < -0.4 is 5.32 Å². The van der Waals surface area contributed by atoms with Gasteiger partial charge < -0.3 is 5.32 Å². The maximum absolute atomic E-state index is 3.51. The van der Waals surface area contributed by atoms with Crippen LogP contribution in [0, 0.1) is 5.41 Å². The number of hydrogen-bond donors (Lipinski definition) is 1. The molecule has 2 heteroatoms. The van der Waals surface area contributed by atoms with Crippen molar-refractivity contribution in [3.8, 4) is 0 Å². The van der Waals surface area contributed by atoms with Gasteiger partial charge in [-0.1, -0.05) is 49.5 Å². The number of unbranched alkanes of at least 4 members (excludes halogenated alkanes) is 3. The van der Waals surface area contributed by atoms with E-state index in [0.717, 1.165) is 5.33 Å². The number of halogens is 1. The molecule has 0 bridgehead atoms. The predicted molar refractivity (Wildman–Crippen MR) is 69.2 cm³/mol. The summed E-state index contributed by atoms with van der Waals surface area (Å²) in [6.07, 6.45) is 6.66. The Morgan fingerprint density at radius 1 is 0.929 bits per heavy atom. The highest BCUT2D eigenvalue weighted by molar-refractivity contribution is 9.09. The van der Waals surface area contributed by atoms with E-state index in [9.17, 15) is 0 Å². The van der Waals surface area contributed by atoms with Gasteiger partial charge in [0.15, 0.2) is 0 Å². The molecule has 0 aromatic heterocycles. The largest absolute Gasteiger partial charge is 0.317 e. The lowest BCUT2D eigenvalue weighted by atomic mass is 9.92. The number of nitrogens with one attached hydrogen (secondary N) is 1. The highest BCUT2D eigenvalue weighted by atomic mass is 79.9. The molecule has 0 aromatic rings. The van der Waals surface area contributed by atoms with Crippen molar-refractivity contribution < 1.29 is 0 Å². The Morgan fingerprint density at radius 2 is 1.57 bits per heavy atom. The number of alkyl halides is 1. The molecule has 0 aliphatic rings. The van der Waals surface area contributed by atoms with Crippen molar-refractivity contribution in [2.24, 2.45) is 5.41 Å². The maximum atomic E-state index is 3.51. The molecule has 1 N–H and O–H groups in total. The lowest BCUT2D eigenvalue weighted by Crippen LogP contribution is -2.21. The summed E-state index contributed by atoms with van der Waals surface area (Å²) >= 11 is 3.45. The van der Waals surface area contributed by atoms with Crippen LogP contribution in [-0.2, 0) is 0 Å². The molecule has 0 amide bonds. The van der Waals surface area contributed by atoms with E-state index in [0.29, 0.717) is 5.41 Å². The Kier molecular flexibility index (Phi) is 9.00. The van der Waals surface area contributed by atoms with Gasteiger partial charge in [-0.25, -0.2) is 0 Å². The standard InChI is InChI=1S/C12H26BrN/c1-12(2,3)8-11-14-10-7-5-4-6-9-13/h14H,4-11H2,1-3H3. The molecule has 0 radical (unpaired) electrons. The topological polar surface area (TPSA) is 12.0 Å². The second-order valence-corrected chi connectivity index (χ2v) is 5.96. The predicted octanol–water partition coefficient (Wildman–Crippen LogP) is 3.97. The van der Waals surface area contributed by atoms with Gasteiger partial charge >= 0.3 is 0 Å². The summed E-state index contributed by atoms with van der Waals surface area (Å²) in [5, 5.41) is 4.66. The van der Waals surface area contributed by atoms with Gasteiger partial charge in [-0.15, -0.1) is 0 Å². The maximum Gasteiger partial charge on any atom is 0.00313 e. The number of hydrogen-bond acceptors (Lipinski definition) is 1. The molecule has 0 aliphatic heterocycles. The Hall–Kier alpha value is 0.440. The van der Waals surface area contributed by atoms with Crippen LogP contribution in [0.4, 0.5) is 0 Å². The van der Waals surface area contributed by atoms with Crippen molar-refractivity contribution in [2.45, 2.75) is 52.9 Å². The van der Waals surface area contributed by atoms with Gasteiger partial charge in [-0.05, 0) is 37.8 Å². The molecule has 1 nitrogen and oxygen atoms in total. The summed E-state index contributed by atoms with van der Waals surface area (Å²) in [4.78, 5) is 0. The van der Waals surface area contributed by atoms with Crippen LogP contribution in [0.25, 0.3) is 0 Å². The van der Waals surface area contributed by atoms with Crippen molar-refractivity contribution in [3.63, 3.8) is 0 Å². The van der Waals surface area contributed by atoms with Gasteiger partial charge in [-0.2, -0.15) is 0 Å². The SMILES string of the molecule is CC(C)(C)CCNCCCCCCBr. The highest BCUT2D eigenvalue weighted by Crippen LogP contribution is 2.16. The molecule has 0 saturated carbocycles. The van der Waals surface area contributed by atoms with Crippen LogP contribution in [-0.4, -0.2) is 18.4 Å². The Balaban J connectivity index is 2.99. The minimum Gasteiger partial charge on any atom is -0.317 e. The average molecular weight is 264 g/mol. The minimum absolute atomic E-state index is 0.475. The molecule has 0 atom stereocenters. The third-order valence-electron chi connectivity index (χ3n) is 2.29. The van der Waals surface area contributed by atoms with Gasteiger partial charge in [0, 0.05) is 5.33 Å². The van der Waals surface area contributed by atoms with Crippen LogP contribution in [0.2, 0.25) is 0 Å². The van der Waals surface area contributed by atoms with E-state index >= 15 is 0 Å². The van der Waals surface area contributed by atoms with E-state index in [4.69, 9.17) is 0 Å². The van der Waals surface area contributed by atoms with E-state index in [-0.39, 0.29) is 0 Å². The fraction of sp³-hybridized carbons (Fsp3) is 1.00. The second-order valence-electron chi connectivity index (χ2n) is 5.16. The molecular formula is C12H26BrN. The third-order valence-corrected chi connectivity index (χ3v) is 2.85. The van der Waals surface area contributed by atoms with E-state index < -0.39 is 0 Å².